The summed E-state index contributed by atoms with van der Waals surface area (Å²) in [6.07, 6.45) is 6.40. The lowest BCUT2D eigenvalue weighted by Gasteiger charge is -2.03. The monoisotopic (exact) mass is 139 g/mol. The zero-order valence-corrected chi connectivity index (χ0v) is 6.65. The van der Waals surface area contributed by atoms with Crippen LogP contribution in [0.4, 0.5) is 0 Å². The average Bonchev–Trinajstić information content (AvgIpc) is 2.31. The number of rotatable bonds is 3. The van der Waals surface area contributed by atoms with Gasteiger partial charge in [0, 0.05) is 12.8 Å². The summed E-state index contributed by atoms with van der Waals surface area (Å²) in [7, 11) is 0. The van der Waals surface area contributed by atoms with Gasteiger partial charge in [0.2, 0.25) is 0 Å². The fraction of sp³-hybridized carbons (Fsp3) is 0.778. The Morgan fingerprint density at radius 1 is 1.40 bits per heavy atom. The van der Waals surface area contributed by atoms with Gasteiger partial charge in [-0.05, 0) is 18.8 Å². The molecular formula is C9H15O. The summed E-state index contributed by atoms with van der Waals surface area (Å²) in [6, 6.07) is 0. The maximum Gasteiger partial charge on any atom is 0.133 e. The molecule has 57 valence electrons. The van der Waals surface area contributed by atoms with Crippen LogP contribution in [0.15, 0.2) is 0 Å². The van der Waals surface area contributed by atoms with Gasteiger partial charge < -0.3 is 0 Å². The molecule has 0 spiro atoms. The number of carbonyl (C=O) groups is 1. The van der Waals surface area contributed by atoms with Crippen LogP contribution in [0.5, 0.6) is 0 Å². The molecule has 0 aliphatic heterocycles. The van der Waals surface area contributed by atoms with E-state index in [0.717, 1.165) is 19.3 Å². The van der Waals surface area contributed by atoms with Crippen molar-refractivity contribution >= 4 is 5.78 Å². The van der Waals surface area contributed by atoms with E-state index in [2.05, 4.69) is 6.92 Å². The first-order valence-electron chi connectivity index (χ1n) is 4.18. The van der Waals surface area contributed by atoms with Crippen molar-refractivity contribution in [3.63, 3.8) is 0 Å². The number of ketones is 1. The van der Waals surface area contributed by atoms with Gasteiger partial charge in [-0.1, -0.05) is 19.8 Å². The highest BCUT2D eigenvalue weighted by molar-refractivity contribution is 5.83. The molecule has 1 saturated carbocycles. The van der Waals surface area contributed by atoms with Crippen molar-refractivity contribution in [2.24, 2.45) is 0 Å². The second-order valence-corrected chi connectivity index (χ2v) is 3.07. The normalized spacial score (nSPS) is 20.3. The van der Waals surface area contributed by atoms with Crippen molar-refractivity contribution in [2.45, 2.75) is 45.4 Å². The van der Waals surface area contributed by atoms with E-state index in [1.54, 1.807) is 0 Å². The predicted octanol–water partition coefficient (Wildman–Crippen LogP) is 2.50. The topological polar surface area (TPSA) is 17.1 Å². The van der Waals surface area contributed by atoms with E-state index in [1.807, 2.05) is 0 Å². The third-order valence-corrected chi connectivity index (χ3v) is 2.09. The summed E-state index contributed by atoms with van der Waals surface area (Å²) < 4.78 is 0. The van der Waals surface area contributed by atoms with Crippen LogP contribution < -0.4 is 0 Å². The van der Waals surface area contributed by atoms with Gasteiger partial charge in [-0.25, -0.2) is 0 Å². The quantitative estimate of drug-likeness (QED) is 0.587. The van der Waals surface area contributed by atoms with Crippen LogP contribution in [0.2, 0.25) is 0 Å². The summed E-state index contributed by atoms with van der Waals surface area (Å²) in [5, 5.41) is 0. The summed E-state index contributed by atoms with van der Waals surface area (Å²) in [4.78, 5) is 10.8. The Morgan fingerprint density at radius 2 is 2.20 bits per heavy atom. The molecular weight excluding hydrogens is 124 g/mol. The minimum atomic E-state index is 0.450. The highest BCUT2D eigenvalue weighted by atomic mass is 16.1. The van der Waals surface area contributed by atoms with Crippen molar-refractivity contribution in [3.8, 4) is 0 Å². The van der Waals surface area contributed by atoms with E-state index in [4.69, 9.17) is 0 Å². The molecule has 0 unspecified atom stereocenters. The molecule has 1 fully saturated rings. The van der Waals surface area contributed by atoms with Gasteiger partial charge in [-0.15, -0.1) is 0 Å². The first kappa shape index (κ1) is 7.77. The number of unbranched alkanes of at least 4 members (excludes halogenated alkanes) is 1. The minimum absolute atomic E-state index is 0.450. The van der Waals surface area contributed by atoms with E-state index < -0.39 is 0 Å². The Bertz CT molecular complexity index is 118. The van der Waals surface area contributed by atoms with E-state index in [9.17, 15) is 4.79 Å². The van der Waals surface area contributed by atoms with Gasteiger partial charge in [0.15, 0.2) is 0 Å². The third-order valence-electron chi connectivity index (χ3n) is 2.09. The largest absolute Gasteiger partial charge is 0.300 e. The van der Waals surface area contributed by atoms with E-state index >= 15 is 0 Å². The Labute approximate surface area is 62.8 Å². The molecule has 0 heterocycles. The van der Waals surface area contributed by atoms with Crippen LogP contribution in [0.1, 0.15) is 45.4 Å². The number of carbonyl (C=O) groups excluding carboxylic acids is 1. The Balaban J connectivity index is 2.12. The molecule has 0 atom stereocenters. The molecule has 0 amide bonds. The Hall–Kier alpha value is -0.330. The number of Topliss-reactive ketones (excluding diaryl/α,β-unsaturated/α-hetero) is 1. The maximum absolute atomic E-state index is 10.8. The van der Waals surface area contributed by atoms with Crippen molar-refractivity contribution in [3.05, 3.63) is 5.92 Å². The lowest BCUT2D eigenvalue weighted by atomic mass is 10.0. The van der Waals surface area contributed by atoms with Gasteiger partial charge in [0.05, 0.1) is 0 Å². The number of hydrogen-bond donors (Lipinski definition) is 0. The summed E-state index contributed by atoms with van der Waals surface area (Å²) in [6.45, 7) is 2.19. The van der Waals surface area contributed by atoms with Crippen molar-refractivity contribution in [2.75, 3.05) is 0 Å². The number of hydrogen-bond acceptors (Lipinski definition) is 1. The molecule has 0 saturated heterocycles. The van der Waals surface area contributed by atoms with Crippen molar-refractivity contribution in [1.29, 1.82) is 0 Å². The van der Waals surface area contributed by atoms with Crippen LogP contribution in [-0.4, -0.2) is 5.78 Å². The molecule has 10 heavy (non-hydrogen) atoms. The van der Waals surface area contributed by atoms with Gasteiger partial charge >= 0.3 is 0 Å². The molecule has 1 heteroatoms. The summed E-state index contributed by atoms with van der Waals surface area (Å²) in [5.74, 6) is 1.94. The Morgan fingerprint density at radius 3 is 2.70 bits per heavy atom. The smallest absolute Gasteiger partial charge is 0.133 e. The Kier molecular flexibility index (Phi) is 2.91. The fourth-order valence-corrected chi connectivity index (χ4v) is 1.41. The highest BCUT2D eigenvalue weighted by Crippen LogP contribution is 2.28. The standard InChI is InChI=1S/C9H15O/c1-2-3-4-8-5-6-9(10)7-8/h2-7H2,1H3. The molecule has 1 aliphatic rings. The molecule has 0 aromatic rings. The van der Waals surface area contributed by atoms with E-state index in [-0.39, 0.29) is 0 Å². The van der Waals surface area contributed by atoms with Gasteiger partial charge in [0.25, 0.3) is 0 Å². The maximum atomic E-state index is 10.8. The molecule has 0 bridgehead atoms. The lowest BCUT2D eigenvalue weighted by Crippen LogP contribution is -1.91. The van der Waals surface area contributed by atoms with E-state index in [1.165, 1.54) is 25.2 Å². The molecule has 1 nitrogen and oxygen atoms in total. The van der Waals surface area contributed by atoms with Crippen LogP contribution in [0, 0.1) is 5.92 Å². The van der Waals surface area contributed by atoms with Crippen molar-refractivity contribution in [1.82, 2.24) is 0 Å². The minimum Gasteiger partial charge on any atom is -0.300 e. The van der Waals surface area contributed by atoms with Crippen LogP contribution in [0.25, 0.3) is 0 Å². The van der Waals surface area contributed by atoms with Gasteiger partial charge in [-0.3, -0.25) is 4.79 Å². The van der Waals surface area contributed by atoms with Crippen molar-refractivity contribution < 1.29 is 4.79 Å². The second kappa shape index (κ2) is 3.75. The van der Waals surface area contributed by atoms with Gasteiger partial charge in [0.1, 0.15) is 5.78 Å². The predicted molar refractivity (Wildman–Crippen MR) is 41.6 cm³/mol. The first-order chi connectivity index (χ1) is 4.83. The summed E-state index contributed by atoms with van der Waals surface area (Å²) in [5.41, 5.74) is 0. The fourth-order valence-electron chi connectivity index (χ4n) is 1.41. The third kappa shape index (κ3) is 2.13. The average molecular weight is 139 g/mol. The lowest BCUT2D eigenvalue weighted by molar-refractivity contribution is -0.117. The zero-order valence-electron chi connectivity index (χ0n) is 6.65. The molecule has 1 aliphatic carbocycles. The van der Waals surface area contributed by atoms with E-state index in [0.29, 0.717) is 5.78 Å². The molecule has 0 N–H and O–H groups in total. The highest BCUT2D eigenvalue weighted by Gasteiger charge is 2.21. The van der Waals surface area contributed by atoms with Crippen LogP contribution in [0.3, 0.4) is 0 Å². The summed E-state index contributed by atoms with van der Waals surface area (Å²) >= 11 is 0. The molecule has 0 aromatic heterocycles. The van der Waals surface area contributed by atoms with Crippen LogP contribution >= 0.6 is 0 Å². The van der Waals surface area contributed by atoms with Gasteiger partial charge in [-0.2, -0.15) is 0 Å². The molecule has 1 radical (unpaired) electrons. The second-order valence-electron chi connectivity index (χ2n) is 3.07. The first-order valence-corrected chi connectivity index (χ1v) is 4.18. The molecule has 0 aromatic carbocycles. The van der Waals surface area contributed by atoms with Crippen LogP contribution in [-0.2, 0) is 4.79 Å². The zero-order chi connectivity index (χ0) is 7.40. The SMILES string of the molecule is CCCC[C]1CCC(=O)C1. The molecule has 1 rings (SSSR count).